The molecule has 2 heteroatoms. The number of hydrogen-bond acceptors (Lipinski definition) is 1. The van der Waals surface area contributed by atoms with Crippen LogP contribution >= 0.6 is 11.6 Å². The molecule has 0 saturated carbocycles. The zero-order valence-corrected chi connectivity index (χ0v) is 8.72. The normalized spacial score (nSPS) is 35.6. The Balaban J connectivity index is 2.01. The molecule has 2 aliphatic rings. The molecular weight excluding hydrogens is 184 g/mol. The Hall–Kier alpha value is -0.0100. The van der Waals surface area contributed by atoms with E-state index >= 15 is 0 Å². The molecule has 1 saturated heterocycles. The molecule has 0 bridgehead atoms. The molecule has 2 unspecified atom stereocenters. The fourth-order valence-electron chi connectivity index (χ4n) is 2.23. The van der Waals surface area contributed by atoms with E-state index in [-0.39, 0.29) is 5.38 Å². The lowest BCUT2D eigenvalue weighted by molar-refractivity contribution is 0.189. The van der Waals surface area contributed by atoms with Crippen molar-refractivity contribution in [2.24, 2.45) is 5.92 Å². The van der Waals surface area contributed by atoms with Crippen LogP contribution in [0, 0.1) is 5.92 Å². The minimum Gasteiger partial charge on any atom is -0.381 e. The smallest absolute Gasteiger partial charge is 0.0532 e. The molecule has 0 aromatic rings. The summed E-state index contributed by atoms with van der Waals surface area (Å²) < 4.78 is 5.40. The first kappa shape index (κ1) is 9.54. The van der Waals surface area contributed by atoms with Crippen LogP contribution in [0.15, 0.2) is 11.6 Å². The van der Waals surface area contributed by atoms with Crippen molar-refractivity contribution in [2.75, 3.05) is 13.2 Å². The standard InChI is InChI=1S/C11H17ClO/c12-11-4-2-1-3-9(7-11)10-5-6-13-8-10/h7,10-11H,1-6,8H2. The summed E-state index contributed by atoms with van der Waals surface area (Å²) in [5.74, 6) is 0.680. The minimum absolute atomic E-state index is 0.276. The molecule has 1 aliphatic carbocycles. The molecule has 0 aromatic heterocycles. The topological polar surface area (TPSA) is 9.23 Å². The molecule has 0 amide bonds. The van der Waals surface area contributed by atoms with Gasteiger partial charge in [-0.1, -0.05) is 18.1 Å². The Morgan fingerprint density at radius 2 is 2.23 bits per heavy atom. The van der Waals surface area contributed by atoms with Crippen molar-refractivity contribution < 1.29 is 4.74 Å². The summed E-state index contributed by atoms with van der Waals surface area (Å²) in [6.45, 7) is 1.87. The van der Waals surface area contributed by atoms with Gasteiger partial charge in [0.15, 0.2) is 0 Å². The fourth-order valence-corrected chi connectivity index (χ4v) is 2.55. The zero-order valence-electron chi connectivity index (χ0n) is 7.97. The van der Waals surface area contributed by atoms with E-state index in [0.29, 0.717) is 5.92 Å². The van der Waals surface area contributed by atoms with Crippen molar-refractivity contribution in [3.8, 4) is 0 Å². The van der Waals surface area contributed by atoms with Gasteiger partial charge in [0.1, 0.15) is 0 Å². The van der Waals surface area contributed by atoms with E-state index in [9.17, 15) is 0 Å². The molecule has 1 heterocycles. The Kier molecular flexibility index (Phi) is 3.28. The van der Waals surface area contributed by atoms with Crippen LogP contribution in [-0.4, -0.2) is 18.6 Å². The number of halogens is 1. The average molecular weight is 201 g/mol. The Labute approximate surface area is 85.1 Å². The first-order valence-electron chi connectivity index (χ1n) is 5.28. The van der Waals surface area contributed by atoms with Crippen LogP contribution < -0.4 is 0 Å². The van der Waals surface area contributed by atoms with Crippen LogP contribution in [0.4, 0.5) is 0 Å². The highest BCUT2D eigenvalue weighted by Gasteiger charge is 2.21. The van der Waals surface area contributed by atoms with Gasteiger partial charge in [0.2, 0.25) is 0 Å². The van der Waals surface area contributed by atoms with Crippen LogP contribution in [0.2, 0.25) is 0 Å². The van der Waals surface area contributed by atoms with Gasteiger partial charge in [0, 0.05) is 12.5 Å². The Morgan fingerprint density at radius 3 is 3.00 bits per heavy atom. The lowest BCUT2D eigenvalue weighted by Crippen LogP contribution is -2.04. The first-order valence-corrected chi connectivity index (χ1v) is 5.72. The maximum atomic E-state index is 6.18. The third kappa shape index (κ3) is 2.47. The molecule has 1 nitrogen and oxygen atoms in total. The molecule has 2 atom stereocenters. The van der Waals surface area contributed by atoms with Gasteiger partial charge in [0.05, 0.1) is 12.0 Å². The summed E-state index contributed by atoms with van der Waals surface area (Å²) >= 11 is 6.18. The molecule has 74 valence electrons. The quantitative estimate of drug-likeness (QED) is 0.467. The highest BCUT2D eigenvalue weighted by atomic mass is 35.5. The van der Waals surface area contributed by atoms with Crippen LogP contribution in [0.3, 0.4) is 0 Å². The maximum Gasteiger partial charge on any atom is 0.0532 e. The average Bonchev–Trinajstić information content (AvgIpc) is 2.56. The van der Waals surface area contributed by atoms with Gasteiger partial charge in [-0.2, -0.15) is 0 Å². The van der Waals surface area contributed by atoms with Gasteiger partial charge >= 0.3 is 0 Å². The van der Waals surface area contributed by atoms with E-state index in [0.717, 1.165) is 19.6 Å². The highest BCUT2D eigenvalue weighted by Crippen LogP contribution is 2.30. The molecule has 0 radical (unpaired) electrons. The van der Waals surface area contributed by atoms with E-state index < -0.39 is 0 Å². The molecular formula is C11H17ClO. The molecule has 2 rings (SSSR count). The van der Waals surface area contributed by atoms with Crippen LogP contribution in [0.5, 0.6) is 0 Å². The summed E-state index contributed by atoms with van der Waals surface area (Å²) in [7, 11) is 0. The predicted molar refractivity (Wildman–Crippen MR) is 55.1 cm³/mol. The predicted octanol–water partition coefficient (Wildman–Crippen LogP) is 3.13. The third-order valence-corrected chi connectivity index (χ3v) is 3.39. The highest BCUT2D eigenvalue weighted by molar-refractivity contribution is 6.21. The van der Waals surface area contributed by atoms with Crippen molar-refractivity contribution in [2.45, 2.75) is 37.5 Å². The van der Waals surface area contributed by atoms with Crippen molar-refractivity contribution in [3.63, 3.8) is 0 Å². The SMILES string of the molecule is ClC1C=C(C2CCOC2)CCCC1. The fraction of sp³-hybridized carbons (Fsp3) is 0.818. The second-order valence-corrected chi connectivity index (χ2v) is 4.62. The van der Waals surface area contributed by atoms with E-state index in [2.05, 4.69) is 6.08 Å². The molecule has 0 N–H and O–H groups in total. The number of hydrogen-bond donors (Lipinski definition) is 0. The van der Waals surface area contributed by atoms with Crippen molar-refractivity contribution in [3.05, 3.63) is 11.6 Å². The van der Waals surface area contributed by atoms with Gasteiger partial charge in [-0.05, 0) is 25.7 Å². The zero-order chi connectivity index (χ0) is 9.10. The lowest BCUT2D eigenvalue weighted by Gasteiger charge is -2.11. The molecule has 1 fully saturated rings. The molecule has 0 spiro atoms. The van der Waals surface area contributed by atoms with Crippen LogP contribution in [0.25, 0.3) is 0 Å². The maximum absolute atomic E-state index is 6.18. The molecule has 1 aliphatic heterocycles. The van der Waals surface area contributed by atoms with E-state index in [1.165, 1.54) is 25.7 Å². The Bertz CT molecular complexity index is 194. The largest absolute Gasteiger partial charge is 0.381 e. The summed E-state index contributed by atoms with van der Waals surface area (Å²) in [6, 6.07) is 0. The number of alkyl halides is 1. The van der Waals surface area contributed by atoms with Gasteiger partial charge < -0.3 is 4.74 Å². The van der Waals surface area contributed by atoms with Gasteiger partial charge in [-0.3, -0.25) is 0 Å². The van der Waals surface area contributed by atoms with Crippen molar-refractivity contribution >= 4 is 11.6 Å². The third-order valence-electron chi connectivity index (χ3n) is 3.04. The van der Waals surface area contributed by atoms with Gasteiger partial charge in [0.25, 0.3) is 0 Å². The lowest BCUT2D eigenvalue weighted by atomic mass is 9.94. The van der Waals surface area contributed by atoms with Gasteiger partial charge in [-0.15, -0.1) is 11.6 Å². The second-order valence-electron chi connectivity index (χ2n) is 4.06. The second kappa shape index (κ2) is 4.47. The monoisotopic (exact) mass is 200 g/mol. The van der Waals surface area contributed by atoms with E-state index in [1.54, 1.807) is 5.57 Å². The summed E-state index contributed by atoms with van der Waals surface area (Å²) in [6.07, 6.45) is 8.48. The molecule has 13 heavy (non-hydrogen) atoms. The van der Waals surface area contributed by atoms with E-state index in [1.807, 2.05) is 0 Å². The summed E-state index contributed by atoms with van der Waals surface area (Å²) in [5, 5.41) is 0.276. The number of ether oxygens (including phenoxy) is 1. The van der Waals surface area contributed by atoms with Crippen LogP contribution in [-0.2, 0) is 4.74 Å². The number of rotatable bonds is 1. The number of allylic oxidation sites excluding steroid dienone is 1. The molecule has 0 aromatic carbocycles. The van der Waals surface area contributed by atoms with Crippen LogP contribution in [0.1, 0.15) is 32.1 Å². The van der Waals surface area contributed by atoms with Gasteiger partial charge in [-0.25, -0.2) is 0 Å². The minimum atomic E-state index is 0.276. The summed E-state index contributed by atoms with van der Waals surface area (Å²) in [5.41, 5.74) is 1.56. The van der Waals surface area contributed by atoms with Crippen molar-refractivity contribution in [1.29, 1.82) is 0 Å². The van der Waals surface area contributed by atoms with Crippen molar-refractivity contribution in [1.82, 2.24) is 0 Å². The first-order chi connectivity index (χ1) is 6.36. The Morgan fingerprint density at radius 1 is 1.31 bits per heavy atom. The van der Waals surface area contributed by atoms with E-state index in [4.69, 9.17) is 16.3 Å². The summed E-state index contributed by atoms with van der Waals surface area (Å²) in [4.78, 5) is 0.